The normalized spacial score (nSPS) is 28.7. The lowest BCUT2D eigenvalue weighted by molar-refractivity contribution is 0.0480. The minimum Gasteiger partial charge on any atom is -0.360 e. The standard InChI is InChI=1S/C14H24N4O/c1-11-8-17-5-3-4-13(17)9-18(11)10-14-6-12(7-15-2)16-19-14/h6,11,13,15H,3-5,7-10H2,1-2H3. The molecule has 0 aliphatic carbocycles. The van der Waals surface area contributed by atoms with E-state index in [2.05, 4.69) is 33.3 Å². The molecule has 2 fully saturated rings. The molecule has 3 rings (SSSR count). The Morgan fingerprint density at radius 3 is 3.21 bits per heavy atom. The molecule has 0 radical (unpaired) electrons. The Kier molecular flexibility index (Phi) is 3.86. The first-order valence-electron chi connectivity index (χ1n) is 7.33. The molecule has 106 valence electrons. The van der Waals surface area contributed by atoms with Crippen LogP contribution in [0.25, 0.3) is 0 Å². The number of hydrogen-bond acceptors (Lipinski definition) is 5. The van der Waals surface area contributed by atoms with Gasteiger partial charge in [0.15, 0.2) is 5.76 Å². The Hall–Kier alpha value is -0.910. The number of hydrogen-bond donors (Lipinski definition) is 1. The summed E-state index contributed by atoms with van der Waals surface area (Å²) in [6.07, 6.45) is 2.71. The zero-order valence-corrected chi connectivity index (χ0v) is 11.9. The van der Waals surface area contributed by atoms with Gasteiger partial charge in [-0.2, -0.15) is 0 Å². The Balaban J connectivity index is 1.61. The molecule has 1 aromatic rings. The van der Waals surface area contributed by atoms with Crippen LogP contribution in [0.1, 0.15) is 31.2 Å². The molecule has 5 heteroatoms. The molecule has 1 aromatic heterocycles. The van der Waals surface area contributed by atoms with Gasteiger partial charge in [0.2, 0.25) is 0 Å². The maximum absolute atomic E-state index is 5.43. The van der Waals surface area contributed by atoms with Gasteiger partial charge in [-0.25, -0.2) is 0 Å². The SMILES string of the molecule is CNCc1cc(CN2CC3CCCN3CC2C)on1. The van der Waals surface area contributed by atoms with E-state index in [4.69, 9.17) is 4.52 Å². The molecular formula is C14H24N4O. The molecule has 3 heterocycles. The maximum Gasteiger partial charge on any atom is 0.151 e. The molecule has 1 N–H and O–H groups in total. The predicted molar refractivity (Wildman–Crippen MR) is 73.7 cm³/mol. The van der Waals surface area contributed by atoms with Crippen LogP contribution < -0.4 is 5.32 Å². The van der Waals surface area contributed by atoms with E-state index >= 15 is 0 Å². The van der Waals surface area contributed by atoms with Crippen molar-refractivity contribution in [1.82, 2.24) is 20.3 Å². The van der Waals surface area contributed by atoms with E-state index in [9.17, 15) is 0 Å². The first-order chi connectivity index (χ1) is 9.26. The summed E-state index contributed by atoms with van der Waals surface area (Å²) in [5.41, 5.74) is 0.990. The van der Waals surface area contributed by atoms with Gasteiger partial charge in [0.25, 0.3) is 0 Å². The van der Waals surface area contributed by atoms with Gasteiger partial charge in [-0.3, -0.25) is 9.80 Å². The van der Waals surface area contributed by atoms with Gasteiger partial charge >= 0.3 is 0 Å². The van der Waals surface area contributed by atoms with Crippen molar-refractivity contribution >= 4 is 0 Å². The van der Waals surface area contributed by atoms with Crippen molar-refractivity contribution in [2.75, 3.05) is 26.7 Å². The van der Waals surface area contributed by atoms with Gasteiger partial charge in [-0.1, -0.05) is 5.16 Å². The highest BCUT2D eigenvalue weighted by atomic mass is 16.5. The monoisotopic (exact) mass is 264 g/mol. The zero-order valence-electron chi connectivity index (χ0n) is 11.9. The molecule has 2 atom stereocenters. The Bertz CT molecular complexity index is 419. The van der Waals surface area contributed by atoms with Crippen LogP contribution in [0.3, 0.4) is 0 Å². The summed E-state index contributed by atoms with van der Waals surface area (Å²) in [7, 11) is 1.93. The third kappa shape index (κ3) is 2.83. The second-order valence-corrected chi connectivity index (χ2v) is 5.88. The molecule has 2 aliphatic heterocycles. The smallest absolute Gasteiger partial charge is 0.151 e. The van der Waals surface area contributed by atoms with E-state index in [-0.39, 0.29) is 0 Å². The predicted octanol–water partition coefficient (Wildman–Crippen LogP) is 1.06. The van der Waals surface area contributed by atoms with E-state index in [0.29, 0.717) is 6.04 Å². The minimum absolute atomic E-state index is 0.604. The summed E-state index contributed by atoms with van der Waals surface area (Å²) < 4.78 is 5.43. The van der Waals surface area contributed by atoms with E-state index in [1.807, 2.05) is 7.05 Å². The number of nitrogens with one attached hydrogen (secondary N) is 1. The van der Waals surface area contributed by atoms with Crippen LogP contribution in [-0.2, 0) is 13.1 Å². The number of piperazine rings is 1. The number of aromatic nitrogens is 1. The van der Waals surface area contributed by atoms with Crippen LogP contribution >= 0.6 is 0 Å². The highest BCUT2D eigenvalue weighted by Crippen LogP contribution is 2.25. The number of nitrogens with zero attached hydrogens (tertiary/aromatic N) is 3. The molecular weight excluding hydrogens is 240 g/mol. The molecule has 5 nitrogen and oxygen atoms in total. The Morgan fingerprint density at radius 2 is 2.37 bits per heavy atom. The third-order valence-electron chi connectivity index (χ3n) is 4.39. The average molecular weight is 264 g/mol. The molecule has 2 saturated heterocycles. The van der Waals surface area contributed by atoms with Crippen LogP contribution in [0, 0.1) is 0 Å². The second-order valence-electron chi connectivity index (χ2n) is 5.88. The van der Waals surface area contributed by atoms with Crippen molar-refractivity contribution < 1.29 is 4.52 Å². The quantitative estimate of drug-likeness (QED) is 0.881. The first kappa shape index (κ1) is 13.1. The van der Waals surface area contributed by atoms with Gasteiger partial charge < -0.3 is 9.84 Å². The van der Waals surface area contributed by atoms with Gasteiger partial charge in [-0.05, 0) is 33.4 Å². The molecule has 0 aromatic carbocycles. The maximum atomic E-state index is 5.43. The van der Waals surface area contributed by atoms with Crippen molar-refractivity contribution in [3.63, 3.8) is 0 Å². The summed E-state index contributed by atoms with van der Waals surface area (Å²) in [6, 6.07) is 3.44. The van der Waals surface area contributed by atoms with Crippen LogP contribution in [0.5, 0.6) is 0 Å². The van der Waals surface area contributed by atoms with Crippen molar-refractivity contribution in [1.29, 1.82) is 0 Å². The van der Waals surface area contributed by atoms with Crippen LogP contribution in [-0.4, -0.2) is 53.7 Å². The number of rotatable bonds is 4. The highest BCUT2D eigenvalue weighted by Gasteiger charge is 2.34. The summed E-state index contributed by atoms with van der Waals surface area (Å²) in [6.45, 7) is 7.64. The summed E-state index contributed by atoms with van der Waals surface area (Å²) in [5, 5.41) is 7.19. The molecule has 0 bridgehead atoms. The average Bonchev–Trinajstić information content (AvgIpc) is 2.99. The molecule has 0 spiro atoms. The minimum atomic E-state index is 0.604. The Labute approximate surface area is 114 Å². The molecule has 0 amide bonds. The lowest BCUT2D eigenvalue weighted by Gasteiger charge is -2.41. The van der Waals surface area contributed by atoms with Crippen molar-refractivity contribution in [2.24, 2.45) is 0 Å². The van der Waals surface area contributed by atoms with Crippen molar-refractivity contribution in [3.8, 4) is 0 Å². The first-order valence-corrected chi connectivity index (χ1v) is 7.33. The summed E-state index contributed by atoms with van der Waals surface area (Å²) >= 11 is 0. The van der Waals surface area contributed by atoms with E-state index < -0.39 is 0 Å². The van der Waals surface area contributed by atoms with Gasteiger partial charge in [0.1, 0.15) is 0 Å². The Morgan fingerprint density at radius 1 is 1.47 bits per heavy atom. The van der Waals surface area contributed by atoms with Crippen molar-refractivity contribution in [3.05, 3.63) is 17.5 Å². The van der Waals surface area contributed by atoms with Crippen molar-refractivity contribution in [2.45, 2.75) is 44.9 Å². The lowest BCUT2D eigenvalue weighted by atomic mass is 10.1. The fraction of sp³-hybridized carbons (Fsp3) is 0.786. The van der Waals surface area contributed by atoms with E-state index in [0.717, 1.165) is 30.6 Å². The fourth-order valence-electron chi connectivity index (χ4n) is 3.36. The van der Waals surface area contributed by atoms with Crippen LogP contribution in [0.4, 0.5) is 0 Å². The summed E-state index contributed by atoms with van der Waals surface area (Å²) in [4.78, 5) is 5.18. The number of fused-ring (bicyclic) bond motifs is 1. The van der Waals surface area contributed by atoms with Gasteiger partial charge in [0, 0.05) is 37.8 Å². The highest BCUT2D eigenvalue weighted by molar-refractivity contribution is 5.06. The van der Waals surface area contributed by atoms with E-state index in [1.54, 1.807) is 0 Å². The van der Waals surface area contributed by atoms with Crippen LogP contribution in [0.15, 0.2) is 10.6 Å². The van der Waals surface area contributed by atoms with Gasteiger partial charge in [-0.15, -0.1) is 0 Å². The molecule has 2 unspecified atom stereocenters. The topological polar surface area (TPSA) is 44.5 Å². The molecule has 0 saturated carbocycles. The molecule has 2 aliphatic rings. The van der Waals surface area contributed by atoms with Gasteiger partial charge in [0.05, 0.1) is 12.2 Å². The lowest BCUT2D eigenvalue weighted by Crippen LogP contribution is -2.54. The molecule has 19 heavy (non-hydrogen) atoms. The third-order valence-corrected chi connectivity index (χ3v) is 4.39. The largest absolute Gasteiger partial charge is 0.360 e. The zero-order chi connectivity index (χ0) is 13.2. The second kappa shape index (κ2) is 5.61. The summed E-state index contributed by atoms with van der Waals surface area (Å²) in [5.74, 6) is 0.989. The fourth-order valence-corrected chi connectivity index (χ4v) is 3.36. The van der Waals surface area contributed by atoms with Crippen LogP contribution in [0.2, 0.25) is 0 Å². The van der Waals surface area contributed by atoms with E-state index in [1.165, 1.54) is 32.5 Å².